The first-order chi connectivity index (χ1) is 9.63. The number of nitrogens with one attached hydrogen (secondary N) is 1. The van der Waals surface area contributed by atoms with Crippen molar-refractivity contribution in [2.24, 2.45) is 0 Å². The molecule has 6 nitrogen and oxygen atoms in total. The number of nitriles is 2. The minimum absolute atomic E-state index is 0.0172. The number of nitro benzene ring substituents is 1. The van der Waals surface area contributed by atoms with Gasteiger partial charge in [-0.1, -0.05) is 6.07 Å². The second-order valence-corrected chi connectivity index (χ2v) is 3.92. The van der Waals surface area contributed by atoms with Gasteiger partial charge in [-0.05, 0) is 30.3 Å². The molecule has 1 N–H and O–H groups in total. The lowest BCUT2D eigenvalue weighted by Gasteiger charge is -2.07. The molecule has 0 saturated carbocycles. The van der Waals surface area contributed by atoms with Crippen molar-refractivity contribution in [1.29, 1.82) is 10.5 Å². The fourth-order valence-corrected chi connectivity index (χ4v) is 1.70. The first-order valence-corrected chi connectivity index (χ1v) is 5.60. The normalized spacial score (nSPS) is 9.30. The van der Waals surface area contributed by atoms with E-state index >= 15 is 0 Å². The van der Waals surface area contributed by atoms with Crippen molar-refractivity contribution in [2.45, 2.75) is 0 Å². The molecule has 0 aromatic heterocycles. The zero-order valence-electron chi connectivity index (χ0n) is 10.2. The standard InChI is InChI=1S/C14H8N4O2/c15-8-10-2-1-3-12(6-10)17-13-4-5-14(18(19)20)11(7-13)9-16/h1-7,17H. The molecule has 0 amide bonds. The molecule has 6 heteroatoms. The number of nitro groups is 1. The first-order valence-electron chi connectivity index (χ1n) is 5.60. The maximum absolute atomic E-state index is 10.7. The molecule has 0 atom stereocenters. The van der Waals surface area contributed by atoms with Gasteiger partial charge in [0, 0.05) is 17.4 Å². The molecule has 2 rings (SSSR count). The van der Waals surface area contributed by atoms with Crippen molar-refractivity contribution in [3.05, 3.63) is 63.7 Å². The molecule has 0 fully saturated rings. The van der Waals surface area contributed by atoms with E-state index in [-0.39, 0.29) is 11.3 Å². The number of anilines is 2. The van der Waals surface area contributed by atoms with Crippen LogP contribution < -0.4 is 5.32 Å². The molecule has 2 aromatic carbocycles. The van der Waals surface area contributed by atoms with Gasteiger partial charge in [0.25, 0.3) is 5.69 Å². The SMILES string of the molecule is N#Cc1cccc(Nc2ccc([N+](=O)[O-])c(C#N)c2)c1. The molecule has 2 aromatic rings. The Morgan fingerprint density at radius 2 is 1.80 bits per heavy atom. The Kier molecular flexibility index (Phi) is 3.60. The van der Waals surface area contributed by atoms with Crippen LogP contribution in [0.1, 0.15) is 11.1 Å². The molecule has 0 unspecified atom stereocenters. The van der Waals surface area contributed by atoms with Crippen molar-refractivity contribution in [2.75, 3.05) is 5.32 Å². The van der Waals surface area contributed by atoms with Gasteiger partial charge < -0.3 is 5.32 Å². The van der Waals surface area contributed by atoms with Crippen LogP contribution in [0.2, 0.25) is 0 Å². The molecular formula is C14H8N4O2. The highest BCUT2D eigenvalue weighted by Gasteiger charge is 2.13. The summed E-state index contributed by atoms with van der Waals surface area (Å²) in [6.07, 6.45) is 0. The number of benzene rings is 2. The highest BCUT2D eigenvalue weighted by molar-refractivity contribution is 5.66. The Morgan fingerprint density at radius 3 is 2.45 bits per heavy atom. The fraction of sp³-hybridized carbons (Fsp3) is 0. The minimum atomic E-state index is -0.599. The quantitative estimate of drug-likeness (QED) is 0.677. The van der Waals surface area contributed by atoms with Crippen molar-refractivity contribution in [1.82, 2.24) is 0 Å². The van der Waals surface area contributed by atoms with E-state index in [4.69, 9.17) is 10.5 Å². The van der Waals surface area contributed by atoms with Crippen molar-refractivity contribution >= 4 is 17.1 Å². The average molecular weight is 264 g/mol. The van der Waals surface area contributed by atoms with Crippen LogP contribution in [0, 0.1) is 32.8 Å². The van der Waals surface area contributed by atoms with Gasteiger partial charge in [-0.2, -0.15) is 10.5 Å². The number of rotatable bonds is 3. The zero-order valence-corrected chi connectivity index (χ0v) is 10.2. The number of nitrogens with zero attached hydrogens (tertiary/aromatic N) is 3. The van der Waals surface area contributed by atoms with E-state index in [2.05, 4.69) is 5.32 Å². The summed E-state index contributed by atoms with van der Waals surface area (Å²) in [6, 6.07) is 14.8. The summed E-state index contributed by atoms with van der Waals surface area (Å²) in [7, 11) is 0. The van der Waals surface area contributed by atoms with E-state index < -0.39 is 4.92 Å². The molecule has 0 saturated heterocycles. The summed E-state index contributed by atoms with van der Waals surface area (Å²) < 4.78 is 0. The van der Waals surface area contributed by atoms with Crippen LogP contribution in [0.4, 0.5) is 17.1 Å². The molecule has 0 radical (unpaired) electrons. The Hall–Kier alpha value is -3.38. The second-order valence-electron chi connectivity index (χ2n) is 3.92. The summed E-state index contributed by atoms with van der Waals surface area (Å²) in [5, 5.41) is 31.5. The van der Waals surface area contributed by atoms with E-state index in [1.165, 1.54) is 18.2 Å². The Bertz CT molecular complexity index is 756. The molecule has 96 valence electrons. The van der Waals surface area contributed by atoms with E-state index in [1.807, 2.05) is 6.07 Å². The van der Waals surface area contributed by atoms with Gasteiger partial charge in [-0.25, -0.2) is 0 Å². The zero-order chi connectivity index (χ0) is 14.5. The maximum atomic E-state index is 10.7. The van der Waals surface area contributed by atoms with Crippen LogP contribution >= 0.6 is 0 Å². The maximum Gasteiger partial charge on any atom is 0.287 e. The predicted molar refractivity (Wildman–Crippen MR) is 72.3 cm³/mol. The second kappa shape index (κ2) is 5.51. The van der Waals surface area contributed by atoms with Gasteiger partial charge in [-0.3, -0.25) is 10.1 Å². The highest BCUT2D eigenvalue weighted by Crippen LogP contribution is 2.24. The number of hydrogen-bond donors (Lipinski definition) is 1. The van der Waals surface area contributed by atoms with Gasteiger partial charge in [0.2, 0.25) is 0 Å². The number of hydrogen-bond acceptors (Lipinski definition) is 5. The lowest BCUT2D eigenvalue weighted by atomic mass is 10.1. The van der Waals surface area contributed by atoms with Crippen LogP contribution in [0.25, 0.3) is 0 Å². The van der Waals surface area contributed by atoms with Crippen LogP contribution in [-0.4, -0.2) is 4.92 Å². The molecule has 0 bridgehead atoms. The predicted octanol–water partition coefficient (Wildman–Crippen LogP) is 3.08. The summed E-state index contributed by atoms with van der Waals surface area (Å²) >= 11 is 0. The monoisotopic (exact) mass is 264 g/mol. The van der Waals surface area contributed by atoms with Gasteiger partial charge in [0.1, 0.15) is 11.6 Å². The lowest BCUT2D eigenvalue weighted by Crippen LogP contribution is -1.95. The summed E-state index contributed by atoms with van der Waals surface area (Å²) in [4.78, 5) is 10.1. The summed E-state index contributed by atoms with van der Waals surface area (Å²) in [5.74, 6) is 0. The first kappa shape index (κ1) is 13.1. The van der Waals surface area contributed by atoms with Crippen LogP contribution in [0.15, 0.2) is 42.5 Å². The highest BCUT2D eigenvalue weighted by atomic mass is 16.6. The van der Waals surface area contributed by atoms with Gasteiger partial charge in [-0.15, -0.1) is 0 Å². The fourth-order valence-electron chi connectivity index (χ4n) is 1.70. The molecular weight excluding hydrogens is 256 g/mol. The van der Waals surface area contributed by atoms with Crippen molar-refractivity contribution in [3.63, 3.8) is 0 Å². The van der Waals surface area contributed by atoms with Crippen LogP contribution in [-0.2, 0) is 0 Å². The van der Waals surface area contributed by atoms with Gasteiger partial charge in [0.15, 0.2) is 0 Å². The third-order valence-electron chi connectivity index (χ3n) is 2.59. The summed E-state index contributed by atoms with van der Waals surface area (Å²) in [6.45, 7) is 0. The minimum Gasteiger partial charge on any atom is -0.355 e. The van der Waals surface area contributed by atoms with E-state index in [0.717, 1.165) is 0 Å². The smallest absolute Gasteiger partial charge is 0.287 e. The Labute approximate surface area is 114 Å². The van der Waals surface area contributed by atoms with E-state index in [9.17, 15) is 10.1 Å². The van der Waals surface area contributed by atoms with Crippen LogP contribution in [0.3, 0.4) is 0 Å². The van der Waals surface area contributed by atoms with Crippen molar-refractivity contribution in [3.8, 4) is 12.1 Å². The van der Waals surface area contributed by atoms with Crippen molar-refractivity contribution < 1.29 is 4.92 Å². The lowest BCUT2D eigenvalue weighted by molar-refractivity contribution is -0.385. The topological polar surface area (TPSA) is 103 Å². The third kappa shape index (κ3) is 2.71. The third-order valence-corrected chi connectivity index (χ3v) is 2.59. The van der Waals surface area contributed by atoms with Crippen LogP contribution in [0.5, 0.6) is 0 Å². The van der Waals surface area contributed by atoms with E-state index in [0.29, 0.717) is 16.9 Å². The molecule has 0 aliphatic rings. The summed E-state index contributed by atoms with van der Waals surface area (Å²) in [5.41, 5.74) is 1.46. The Morgan fingerprint density at radius 1 is 1.05 bits per heavy atom. The molecule has 0 spiro atoms. The molecule has 0 heterocycles. The average Bonchev–Trinajstić information content (AvgIpc) is 2.47. The molecule has 0 aliphatic carbocycles. The Balaban J connectivity index is 2.33. The van der Waals surface area contributed by atoms with Gasteiger partial charge in [0.05, 0.1) is 16.6 Å². The largest absolute Gasteiger partial charge is 0.355 e. The van der Waals surface area contributed by atoms with E-state index in [1.54, 1.807) is 30.3 Å². The van der Waals surface area contributed by atoms with Gasteiger partial charge >= 0.3 is 0 Å². The molecule has 0 aliphatic heterocycles. The molecule has 20 heavy (non-hydrogen) atoms.